The van der Waals surface area contributed by atoms with Crippen LogP contribution >= 0.6 is 0 Å². The van der Waals surface area contributed by atoms with Gasteiger partial charge in [-0.15, -0.1) is 0 Å². The van der Waals surface area contributed by atoms with Crippen molar-refractivity contribution >= 4 is 5.91 Å². The third-order valence-electron chi connectivity index (χ3n) is 5.12. The Kier molecular flexibility index (Phi) is 2.51. The van der Waals surface area contributed by atoms with Crippen molar-refractivity contribution in [1.82, 2.24) is 10.6 Å². The van der Waals surface area contributed by atoms with Crippen LogP contribution in [0.3, 0.4) is 0 Å². The lowest BCUT2D eigenvalue weighted by atomic mass is 9.70. The first-order chi connectivity index (χ1) is 8.01. The molecule has 2 aliphatic carbocycles. The van der Waals surface area contributed by atoms with E-state index in [4.69, 9.17) is 0 Å². The normalized spacial score (nSPS) is 37.3. The van der Waals surface area contributed by atoms with E-state index in [-0.39, 0.29) is 11.3 Å². The molecule has 17 heavy (non-hydrogen) atoms. The third kappa shape index (κ3) is 2.10. The molecule has 0 aromatic heterocycles. The molecule has 2 unspecified atom stereocenters. The molecule has 1 saturated heterocycles. The summed E-state index contributed by atoms with van der Waals surface area (Å²) in [5.41, 5.74) is 0.639. The predicted molar refractivity (Wildman–Crippen MR) is 67.6 cm³/mol. The van der Waals surface area contributed by atoms with Gasteiger partial charge in [-0.05, 0) is 50.5 Å². The molecule has 0 bridgehead atoms. The summed E-state index contributed by atoms with van der Waals surface area (Å²) in [4.78, 5) is 12.1. The Bertz CT molecular complexity index is 333. The molecule has 3 fully saturated rings. The van der Waals surface area contributed by atoms with Crippen LogP contribution in [-0.4, -0.2) is 24.0 Å². The standard InChI is InChI=1S/C14H24N2O/c1-13(2)9-11(13)12(17)16-10-4-7-15-14(8-10)5-3-6-14/h10-11,15H,3-9H2,1-2H3,(H,16,17). The van der Waals surface area contributed by atoms with Gasteiger partial charge in [-0.2, -0.15) is 0 Å². The topological polar surface area (TPSA) is 41.1 Å². The van der Waals surface area contributed by atoms with Crippen molar-refractivity contribution in [3.8, 4) is 0 Å². The first-order valence-corrected chi connectivity index (χ1v) is 7.06. The molecule has 0 radical (unpaired) electrons. The van der Waals surface area contributed by atoms with Crippen LogP contribution in [0.5, 0.6) is 0 Å². The molecule has 96 valence electrons. The highest BCUT2D eigenvalue weighted by atomic mass is 16.2. The largest absolute Gasteiger partial charge is 0.353 e. The minimum Gasteiger partial charge on any atom is -0.353 e. The molecule has 2 N–H and O–H groups in total. The summed E-state index contributed by atoms with van der Waals surface area (Å²) in [6.07, 6.45) is 7.26. The van der Waals surface area contributed by atoms with Gasteiger partial charge in [0.05, 0.1) is 0 Å². The predicted octanol–water partition coefficient (Wildman–Crippen LogP) is 1.82. The Hall–Kier alpha value is -0.570. The van der Waals surface area contributed by atoms with E-state index >= 15 is 0 Å². The fourth-order valence-electron chi connectivity index (χ4n) is 3.48. The van der Waals surface area contributed by atoms with E-state index in [1.165, 1.54) is 19.3 Å². The molecule has 3 aliphatic rings. The van der Waals surface area contributed by atoms with Crippen molar-refractivity contribution < 1.29 is 4.79 Å². The highest BCUT2D eigenvalue weighted by Gasteiger charge is 2.51. The zero-order valence-electron chi connectivity index (χ0n) is 11.0. The number of nitrogens with one attached hydrogen (secondary N) is 2. The fraction of sp³-hybridized carbons (Fsp3) is 0.929. The van der Waals surface area contributed by atoms with E-state index in [0.29, 0.717) is 17.5 Å². The zero-order valence-corrected chi connectivity index (χ0v) is 11.0. The monoisotopic (exact) mass is 236 g/mol. The van der Waals surface area contributed by atoms with Gasteiger partial charge in [0.25, 0.3) is 0 Å². The van der Waals surface area contributed by atoms with Crippen molar-refractivity contribution in [3.05, 3.63) is 0 Å². The second kappa shape index (κ2) is 3.71. The van der Waals surface area contributed by atoms with Gasteiger partial charge >= 0.3 is 0 Å². The lowest BCUT2D eigenvalue weighted by Gasteiger charge is -2.48. The van der Waals surface area contributed by atoms with Crippen LogP contribution < -0.4 is 10.6 Å². The van der Waals surface area contributed by atoms with Gasteiger partial charge < -0.3 is 10.6 Å². The van der Waals surface area contributed by atoms with E-state index in [9.17, 15) is 4.79 Å². The lowest BCUT2D eigenvalue weighted by molar-refractivity contribution is -0.124. The maximum Gasteiger partial charge on any atom is 0.223 e. The van der Waals surface area contributed by atoms with Crippen LogP contribution in [0, 0.1) is 11.3 Å². The summed E-state index contributed by atoms with van der Waals surface area (Å²) < 4.78 is 0. The second-order valence-corrected chi connectivity index (χ2v) is 7.00. The molecule has 3 nitrogen and oxygen atoms in total. The smallest absolute Gasteiger partial charge is 0.223 e. The summed E-state index contributed by atoms with van der Waals surface area (Å²) >= 11 is 0. The van der Waals surface area contributed by atoms with Crippen molar-refractivity contribution in [3.63, 3.8) is 0 Å². The van der Waals surface area contributed by atoms with E-state index in [1.54, 1.807) is 0 Å². The molecule has 1 spiro atoms. The number of amides is 1. The molecule has 1 heterocycles. The Balaban J connectivity index is 1.53. The number of carbonyl (C=O) groups is 1. The highest BCUT2D eigenvalue weighted by molar-refractivity contribution is 5.82. The summed E-state index contributed by atoms with van der Waals surface area (Å²) in [6.45, 7) is 5.44. The molecule has 1 amide bonds. The number of hydrogen-bond acceptors (Lipinski definition) is 2. The van der Waals surface area contributed by atoms with Crippen molar-refractivity contribution in [2.24, 2.45) is 11.3 Å². The van der Waals surface area contributed by atoms with E-state index in [2.05, 4.69) is 24.5 Å². The van der Waals surface area contributed by atoms with Crippen LogP contribution in [0.25, 0.3) is 0 Å². The molecular weight excluding hydrogens is 212 g/mol. The first kappa shape index (κ1) is 11.5. The summed E-state index contributed by atoms with van der Waals surface area (Å²) in [5, 5.41) is 6.93. The molecule has 3 heteroatoms. The minimum absolute atomic E-state index is 0.255. The Morgan fingerprint density at radius 3 is 2.53 bits per heavy atom. The van der Waals surface area contributed by atoms with Crippen LogP contribution in [0.1, 0.15) is 52.4 Å². The van der Waals surface area contributed by atoms with Gasteiger partial charge in [0.2, 0.25) is 5.91 Å². The average Bonchev–Trinajstić information content (AvgIpc) is 2.86. The molecular formula is C14H24N2O. The van der Waals surface area contributed by atoms with Crippen molar-refractivity contribution in [2.75, 3.05) is 6.54 Å². The maximum absolute atomic E-state index is 12.1. The molecule has 1 aliphatic heterocycles. The van der Waals surface area contributed by atoms with Crippen LogP contribution in [-0.2, 0) is 4.79 Å². The molecule has 0 aromatic carbocycles. The van der Waals surface area contributed by atoms with Crippen molar-refractivity contribution in [2.45, 2.75) is 64.0 Å². The molecule has 2 saturated carbocycles. The fourth-order valence-corrected chi connectivity index (χ4v) is 3.48. The van der Waals surface area contributed by atoms with Crippen LogP contribution in [0.15, 0.2) is 0 Å². The number of hydrogen-bond donors (Lipinski definition) is 2. The zero-order chi connectivity index (χ0) is 12.1. The quantitative estimate of drug-likeness (QED) is 0.768. The highest BCUT2D eigenvalue weighted by Crippen LogP contribution is 2.51. The van der Waals surface area contributed by atoms with Gasteiger partial charge in [0, 0.05) is 17.5 Å². The summed E-state index contributed by atoms with van der Waals surface area (Å²) in [7, 11) is 0. The number of piperidine rings is 1. The SMILES string of the molecule is CC1(C)CC1C(=O)NC1CCNC2(CCC2)C1. The Morgan fingerprint density at radius 2 is 2.00 bits per heavy atom. The van der Waals surface area contributed by atoms with Crippen molar-refractivity contribution in [1.29, 1.82) is 0 Å². The average molecular weight is 236 g/mol. The van der Waals surface area contributed by atoms with Gasteiger partial charge in [0.15, 0.2) is 0 Å². The maximum atomic E-state index is 12.1. The Labute approximate surface area is 104 Å². The van der Waals surface area contributed by atoms with Gasteiger partial charge in [-0.25, -0.2) is 0 Å². The van der Waals surface area contributed by atoms with Crippen LogP contribution in [0.2, 0.25) is 0 Å². The molecule has 3 rings (SSSR count). The van der Waals surface area contributed by atoms with E-state index in [0.717, 1.165) is 25.8 Å². The second-order valence-electron chi connectivity index (χ2n) is 7.00. The third-order valence-corrected chi connectivity index (χ3v) is 5.12. The number of carbonyl (C=O) groups excluding carboxylic acids is 1. The molecule has 2 atom stereocenters. The lowest BCUT2D eigenvalue weighted by Crippen LogP contribution is -2.59. The van der Waals surface area contributed by atoms with E-state index in [1.807, 2.05) is 0 Å². The first-order valence-electron chi connectivity index (χ1n) is 7.06. The van der Waals surface area contributed by atoms with E-state index < -0.39 is 0 Å². The molecule has 0 aromatic rings. The Morgan fingerprint density at radius 1 is 1.29 bits per heavy atom. The van der Waals surface area contributed by atoms with Gasteiger partial charge in [-0.1, -0.05) is 13.8 Å². The van der Waals surface area contributed by atoms with Gasteiger partial charge in [0.1, 0.15) is 0 Å². The van der Waals surface area contributed by atoms with Gasteiger partial charge in [-0.3, -0.25) is 4.79 Å². The van der Waals surface area contributed by atoms with Crippen LogP contribution in [0.4, 0.5) is 0 Å². The minimum atomic E-state index is 0.255. The summed E-state index contributed by atoms with van der Waals surface area (Å²) in [5.74, 6) is 0.575. The number of rotatable bonds is 2. The summed E-state index contributed by atoms with van der Waals surface area (Å²) in [6, 6.07) is 0.417.